The van der Waals surface area contributed by atoms with E-state index < -0.39 is 5.91 Å². The summed E-state index contributed by atoms with van der Waals surface area (Å²) in [5.41, 5.74) is 11.7. The number of anilines is 4. The van der Waals surface area contributed by atoms with Gasteiger partial charge in [-0.3, -0.25) is 14.8 Å². The first-order valence-electron chi connectivity index (χ1n) is 16.5. The van der Waals surface area contributed by atoms with Gasteiger partial charge in [0.05, 0.1) is 13.2 Å². The number of hydrogen-bond acceptors (Lipinski definition) is 10. The summed E-state index contributed by atoms with van der Waals surface area (Å²) in [6.45, 7) is 12.6. The third kappa shape index (κ3) is 6.10. The number of hydrogen-bond donors (Lipinski definition) is 4. The zero-order chi connectivity index (χ0) is 31.1. The first-order chi connectivity index (χ1) is 21.8. The molecule has 1 spiro atoms. The van der Waals surface area contributed by atoms with Gasteiger partial charge in [-0.1, -0.05) is 6.92 Å². The monoisotopic (exact) mass is 614 g/mol. The molecule has 5 N–H and O–H groups in total. The fraction of sp³-hybridized carbons (Fsp3) is 0.576. The van der Waals surface area contributed by atoms with Crippen LogP contribution in [0.15, 0.2) is 24.3 Å². The zero-order valence-electron chi connectivity index (χ0n) is 26.7. The van der Waals surface area contributed by atoms with Crippen molar-refractivity contribution in [2.45, 2.75) is 58.0 Å². The number of nitrogens with two attached hydrogens (primary N) is 1. The molecule has 2 aromatic heterocycles. The summed E-state index contributed by atoms with van der Waals surface area (Å²) in [7, 11) is 2.22. The third-order valence-corrected chi connectivity index (χ3v) is 10.2. The smallest absolute Gasteiger partial charge is 0.271 e. The molecule has 3 aromatic rings. The molecule has 12 nitrogen and oxygen atoms in total. The topological polar surface area (TPSA) is 141 Å². The van der Waals surface area contributed by atoms with E-state index in [1.54, 1.807) is 0 Å². The van der Waals surface area contributed by atoms with Crippen molar-refractivity contribution in [2.75, 3.05) is 75.1 Å². The molecule has 0 radical (unpaired) electrons. The maximum absolute atomic E-state index is 12.7. The van der Waals surface area contributed by atoms with Gasteiger partial charge >= 0.3 is 0 Å². The van der Waals surface area contributed by atoms with Crippen LogP contribution in [-0.2, 0) is 11.2 Å². The minimum atomic E-state index is -0.644. The molecular formula is C33H46N10O2. The second-order valence-corrected chi connectivity index (χ2v) is 13.5. The SMILES string of the molecule is CCc1cc(Nc2nc(NC3CC4(COC4)C3)c(-c3cc(C)[nH]n3)nc2C(N)=O)ccc1N1CCC(N2CCN(C)CC2)CC1. The number of piperidine rings is 1. The van der Waals surface area contributed by atoms with E-state index in [0.717, 1.165) is 70.0 Å². The van der Waals surface area contributed by atoms with Gasteiger partial charge < -0.3 is 30.9 Å². The molecule has 1 aromatic carbocycles. The number of carbonyl (C=O) groups is 1. The summed E-state index contributed by atoms with van der Waals surface area (Å²) in [4.78, 5) is 30.0. The number of nitrogens with one attached hydrogen (secondary N) is 3. The molecule has 45 heavy (non-hydrogen) atoms. The van der Waals surface area contributed by atoms with Crippen LogP contribution in [0.3, 0.4) is 0 Å². The van der Waals surface area contributed by atoms with E-state index in [9.17, 15) is 4.79 Å². The fourth-order valence-corrected chi connectivity index (χ4v) is 7.47. The van der Waals surface area contributed by atoms with Gasteiger partial charge in [0.25, 0.3) is 5.91 Å². The molecule has 1 amide bonds. The minimum Gasteiger partial charge on any atom is -0.380 e. The Morgan fingerprint density at radius 3 is 2.44 bits per heavy atom. The molecule has 5 heterocycles. The molecule has 240 valence electrons. The van der Waals surface area contributed by atoms with Crippen LogP contribution >= 0.6 is 0 Å². The third-order valence-electron chi connectivity index (χ3n) is 10.2. The number of rotatable bonds is 9. The van der Waals surface area contributed by atoms with E-state index in [1.807, 2.05) is 13.0 Å². The lowest BCUT2D eigenvalue weighted by atomic mass is 9.64. The first kappa shape index (κ1) is 29.9. The molecule has 0 atom stereocenters. The van der Waals surface area contributed by atoms with Crippen LogP contribution in [-0.4, -0.2) is 107 Å². The molecule has 1 saturated carbocycles. The van der Waals surface area contributed by atoms with E-state index in [2.05, 4.69) is 67.7 Å². The van der Waals surface area contributed by atoms with Gasteiger partial charge in [-0.2, -0.15) is 5.10 Å². The largest absolute Gasteiger partial charge is 0.380 e. The molecule has 7 rings (SSSR count). The Labute approximate surface area is 265 Å². The number of carbonyl (C=O) groups excluding carboxylic acids is 1. The number of primary amides is 1. The number of H-pyrrole nitrogens is 1. The quantitative estimate of drug-likeness (QED) is 0.284. The molecular weight excluding hydrogens is 568 g/mol. The number of likely N-dealkylation sites (N-methyl/N-ethyl adjacent to an activating group) is 1. The van der Waals surface area contributed by atoms with Crippen LogP contribution in [0.1, 0.15) is 54.4 Å². The van der Waals surface area contributed by atoms with E-state index >= 15 is 0 Å². The Balaban J connectivity index is 1.11. The summed E-state index contributed by atoms with van der Waals surface area (Å²) in [6, 6.07) is 9.26. The molecule has 0 unspecified atom stereocenters. The van der Waals surface area contributed by atoms with Gasteiger partial charge in [-0.25, -0.2) is 9.97 Å². The summed E-state index contributed by atoms with van der Waals surface area (Å²) in [6.07, 6.45) is 5.31. The van der Waals surface area contributed by atoms with Gasteiger partial charge in [0.2, 0.25) is 0 Å². The maximum atomic E-state index is 12.7. The van der Waals surface area contributed by atoms with Crippen molar-refractivity contribution in [3.63, 3.8) is 0 Å². The molecule has 0 bridgehead atoms. The zero-order valence-corrected chi connectivity index (χ0v) is 26.7. The average molecular weight is 615 g/mol. The Morgan fingerprint density at radius 2 is 1.82 bits per heavy atom. The molecule has 4 fully saturated rings. The summed E-state index contributed by atoms with van der Waals surface area (Å²) in [5, 5.41) is 14.4. The summed E-state index contributed by atoms with van der Waals surface area (Å²) < 4.78 is 5.46. The van der Waals surface area contributed by atoms with E-state index in [4.69, 9.17) is 20.4 Å². The van der Waals surface area contributed by atoms with Crippen molar-refractivity contribution in [1.82, 2.24) is 30.0 Å². The van der Waals surface area contributed by atoms with Crippen LogP contribution in [0, 0.1) is 12.3 Å². The number of aromatic nitrogens is 4. The molecule has 3 aliphatic heterocycles. The number of aryl methyl sites for hydroxylation is 2. The Kier molecular flexibility index (Phi) is 8.13. The van der Waals surface area contributed by atoms with Crippen LogP contribution in [0.25, 0.3) is 11.4 Å². The van der Waals surface area contributed by atoms with Gasteiger partial charge in [0, 0.05) is 73.8 Å². The number of amides is 1. The molecule has 4 aliphatic rings. The fourth-order valence-electron chi connectivity index (χ4n) is 7.47. The Hall–Kier alpha value is -3.74. The lowest BCUT2D eigenvalue weighted by Gasteiger charge is -2.53. The minimum absolute atomic E-state index is 0.0850. The summed E-state index contributed by atoms with van der Waals surface area (Å²) in [5.74, 6) is 0.282. The van der Waals surface area contributed by atoms with Gasteiger partial charge in [-0.15, -0.1) is 0 Å². The number of aromatic amines is 1. The second kappa shape index (κ2) is 12.2. The standard InChI is InChI=1S/C33H46N10O2/c1-4-22-16-23(5-6-27(22)43-9-7-25(8-10-43)42-13-11-41(3)12-14-42)35-32-29(30(34)44)37-28(26-15-21(2)39-40-26)31(38-32)36-24-17-33(18-24)19-45-20-33/h5-6,15-16,24-25H,4,7-14,17-20H2,1-3H3,(H2,34,44)(H,39,40)(H2,35,36,38). The highest BCUT2D eigenvalue weighted by Crippen LogP contribution is 2.48. The Bertz CT molecular complexity index is 1530. The normalized spacial score (nSPS) is 21.0. The predicted octanol–water partition coefficient (Wildman–Crippen LogP) is 3.39. The van der Waals surface area contributed by atoms with Gasteiger partial charge in [0.1, 0.15) is 11.4 Å². The van der Waals surface area contributed by atoms with Crippen molar-refractivity contribution < 1.29 is 9.53 Å². The average Bonchev–Trinajstić information content (AvgIpc) is 3.44. The second-order valence-electron chi connectivity index (χ2n) is 13.5. The molecule has 12 heteroatoms. The number of nitrogens with zero attached hydrogens (tertiary/aromatic N) is 6. The van der Waals surface area contributed by atoms with Crippen LogP contribution < -0.4 is 21.3 Å². The van der Waals surface area contributed by atoms with Crippen molar-refractivity contribution in [3.05, 3.63) is 41.2 Å². The van der Waals surface area contributed by atoms with E-state index in [1.165, 1.54) is 37.2 Å². The van der Waals surface area contributed by atoms with Crippen molar-refractivity contribution in [2.24, 2.45) is 11.1 Å². The maximum Gasteiger partial charge on any atom is 0.271 e. The lowest BCUT2D eigenvalue weighted by molar-refractivity contribution is -0.159. The van der Waals surface area contributed by atoms with Crippen LogP contribution in [0.5, 0.6) is 0 Å². The number of benzene rings is 1. The highest BCUT2D eigenvalue weighted by molar-refractivity contribution is 5.97. The van der Waals surface area contributed by atoms with Gasteiger partial charge in [0.15, 0.2) is 17.3 Å². The predicted molar refractivity (Wildman–Crippen MR) is 176 cm³/mol. The van der Waals surface area contributed by atoms with Gasteiger partial charge in [-0.05, 0) is 75.9 Å². The highest BCUT2D eigenvalue weighted by atomic mass is 16.5. The molecule has 1 aliphatic carbocycles. The van der Waals surface area contributed by atoms with Crippen molar-refractivity contribution in [3.8, 4) is 11.4 Å². The van der Waals surface area contributed by atoms with Crippen molar-refractivity contribution in [1.29, 1.82) is 0 Å². The van der Waals surface area contributed by atoms with E-state index in [0.29, 0.717) is 34.5 Å². The number of piperazine rings is 1. The van der Waals surface area contributed by atoms with Crippen molar-refractivity contribution >= 4 is 28.9 Å². The van der Waals surface area contributed by atoms with Crippen LogP contribution in [0.4, 0.5) is 23.0 Å². The Morgan fingerprint density at radius 1 is 1.07 bits per heavy atom. The van der Waals surface area contributed by atoms with Crippen LogP contribution in [0.2, 0.25) is 0 Å². The van der Waals surface area contributed by atoms with E-state index in [-0.39, 0.29) is 11.7 Å². The lowest BCUT2D eigenvalue weighted by Crippen LogP contribution is -2.56. The molecule has 3 saturated heterocycles. The number of ether oxygens (including phenoxy) is 1. The summed E-state index contributed by atoms with van der Waals surface area (Å²) >= 11 is 0. The first-order valence-corrected chi connectivity index (χ1v) is 16.5. The highest BCUT2D eigenvalue weighted by Gasteiger charge is 2.50.